The number of aryl methyl sites for hydroxylation is 1. The number of likely N-dealkylation sites (tertiary alicyclic amines) is 1. The Hall–Kier alpha value is -1.45. The molecule has 1 fully saturated rings. The van der Waals surface area contributed by atoms with Crippen molar-refractivity contribution in [3.05, 3.63) is 34.9 Å². The highest BCUT2D eigenvalue weighted by Gasteiger charge is 2.21. The number of rotatable bonds is 5. The minimum absolute atomic E-state index is 1.01. The Kier molecular flexibility index (Phi) is 5.33. The number of hydrogen-bond acceptors (Lipinski definition) is 3. The zero-order valence-corrected chi connectivity index (χ0v) is 15.6. The van der Waals surface area contributed by atoms with Crippen molar-refractivity contribution in [2.24, 2.45) is 4.99 Å². The summed E-state index contributed by atoms with van der Waals surface area (Å²) in [6.07, 6.45) is 10.9. The van der Waals surface area contributed by atoms with Gasteiger partial charge in [-0.05, 0) is 88.0 Å². The third-order valence-corrected chi connectivity index (χ3v) is 5.97. The first-order valence-electron chi connectivity index (χ1n) is 10.1. The molecule has 0 amide bonds. The van der Waals surface area contributed by atoms with E-state index in [2.05, 4.69) is 41.3 Å². The molecule has 0 unspecified atom stereocenters. The Balaban J connectivity index is 1.40. The second kappa shape index (κ2) is 7.84. The van der Waals surface area contributed by atoms with E-state index in [1.807, 2.05) is 0 Å². The zero-order valence-electron chi connectivity index (χ0n) is 15.6. The van der Waals surface area contributed by atoms with E-state index in [-0.39, 0.29) is 0 Å². The van der Waals surface area contributed by atoms with Crippen molar-refractivity contribution in [2.45, 2.75) is 44.9 Å². The van der Waals surface area contributed by atoms with E-state index in [0.717, 1.165) is 25.9 Å². The molecule has 0 aliphatic carbocycles. The molecule has 1 saturated heterocycles. The smallest absolute Gasteiger partial charge is 0.0703 e. The highest BCUT2D eigenvalue weighted by atomic mass is 15.1. The van der Waals surface area contributed by atoms with Gasteiger partial charge in [0.1, 0.15) is 0 Å². The van der Waals surface area contributed by atoms with Crippen LogP contribution in [0.2, 0.25) is 0 Å². The summed E-state index contributed by atoms with van der Waals surface area (Å²) in [7, 11) is 2.22. The van der Waals surface area contributed by atoms with Crippen LogP contribution < -0.4 is 0 Å². The van der Waals surface area contributed by atoms with Crippen molar-refractivity contribution in [2.75, 3.05) is 39.8 Å². The number of benzene rings is 1. The van der Waals surface area contributed by atoms with E-state index in [1.54, 1.807) is 11.1 Å². The lowest BCUT2D eigenvalue weighted by molar-refractivity contribution is 0.330. The highest BCUT2D eigenvalue weighted by Crippen LogP contribution is 2.37. The van der Waals surface area contributed by atoms with Crippen LogP contribution in [0.1, 0.15) is 49.7 Å². The van der Waals surface area contributed by atoms with Crippen molar-refractivity contribution in [1.82, 2.24) is 9.80 Å². The molecular formula is C22H31N3. The van der Waals surface area contributed by atoms with Gasteiger partial charge < -0.3 is 9.80 Å². The molecule has 3 heteroatoms. The van der Waals surface area contributed by atoms with Gasteiger partial charge >= 0.3 is 0 Å². The summed E-state index contributed by atoms with van der Waals surface area (Å²) in [5.41, 5.74) is 7.17. The molecule has 0 saturated carbocycles. The molecule has 3 heterocycles. The lowest BCUT2D eigenvalue weighted by Gasteiger charge is -2.27. The second-order valence-corrected chi connectivity index (χ2v) is 7.94. The predicted octanol–water partition coefficient (Wildman–Crippen LogP) is 4.30. The van der Waals surface area contributed by atoms with Crippen LogP contribution in [-0.2, 0) is 6.42 Å². The van der Waals surface area contributed by atoms with Crippen molar-refractivity contribution < 1.29 is 0 Å². The lowest BCUT2D eigenvalue weighted by atomic mass is 9.91. The summed E-state index contributed by atoms with van der Waals surface area (Å²) in [5.74, 6) is 0. The molecular weight excluding hydrogens is 306 g/mol. The number of likely N-dealkylation sites (N-methyl/N-ethyl adjacent to an activating group) is 1. The molecule has 0 spiro atoms. The number of aliphatic imine (C=N–C) groups is 1. The lowest BCUT2D eigenvalue weighted by Crippen LogP contribution is -2.27. The van der Waals surface area contributed by atoms with Crippen LogP contribution in [-0.4, -0.2) is 55.8 Å². The van der Waals surface area contributed by atoms with Gasteiger partial charge in [0.2, 0.25) is 0 Å². The maximum Gasteiger partial charge on any atom is 0.0703 e. The number of fused-ring (bicyclic) bond motifs is 2. The quantitative estimate of drug-likeness (QED) is 0.746. The fourth-order valence-corrected chi connectivity index (χ4v) is 4.51. The first kappa shape index (κ1) is 17.0. The molecule has 0 bridgehead atoms. The molecule has 0 atom stereocenters. The number of hydrogen-bond donors (Lipinski definition) is 0. The minimum atomic E-state index is 1.01. The molecule has 0 radical (unpaired) electrons. The van der Waals surface area contributed by atoms with Crippen LogP contribution in [0.15, 0.2) is 28.8 Å². The first-order chi connectivity index (χ1) is 12.3. The molecule has 3 aliphatic rings. The van der Waals surface area contributed by atoms with Gasteiger partial charge in [-0.15, -0.1) is 0 Å². The van der Waals surface area contributed by atoms with Gasteiger partial charge in [0.05, 0.1) is 5.69 Å². The summed E-state index contributed by atoms with van der Waals surface area (Å²) < 4.78 is 0. The Bertz CT molecular complexity index is 668. The maximum absolute atomic E-state index is 4.79. The van der Waals surface area contributed by atoms with E-state index < -0.39 is 0 Å². The van der Waals surface area contributed by atoms with Crippen molar-refractivity contribution in [1.29, 1.82) is 0 Å². The first-order valence-corrected chi connectivity index (χ1v) is 10.1. The number of unbranched alkanes of at least 4 members (excludes halogenated alkanes) is 1. The Morgan fingerprint density at radius 1 is 1.08 bits per heavy atom. The standard InChI is InChI=1S/C22H31N3/c1-24-15-10-20-19(17-24)9-11-23-22-16-18(7-8-21(20)22)6-2-3-12-25-13-4-5-14-25/h7-8,11,16H,2-6,9-10,12-15,17H2,1H3. The summed E-state index contributed by atoms with van der Waals surface area (Å²) in [6.45, 7) is 6.18. The SMILES string of the molecule is CN1CCC2=C(CC=Nc3cc(CCCCN4CCCC4)ccc32)C1. The summed E-state index contributed by atoms with van der Waals surface area (Å²) in [5, 5.41) is 0. The van der Waals surface area contributed by atoms with Gasteiger partial charge in [0.25, 0.3) is 0 Å². The third kappa shape index (κ3) is 4.04. The van der Waals surface area contributed by atoms with Crippen LogP contribution in [0.5, 0.6) is 0 Å². The monoisotopic (exact) mass is 337 g/mol. The van der Waals surface area contributed by atoms with E-state index in [4.69, 9.17) is 4.99 Å². The molecule has 3 nitrogen and oxygen atoms in total. The van der Waals surface area contributed by atoms with E-state index in [0.29, 0.717) is 0 Å². The fraction of sp³-hybridized carbons (Fsp3) is 0.591. The largest absolute Gasteiger partial charge is 0.303 e. The summed E-state index contributed by atoms with van der Waals surface area (Å²) >= 11 is 0. The van der Waals surface area contributed by atoms with Gasteiger partial charge in [-0.2, -0.15) is 0 Å². The maximum atomic E-state index is 4.79. The highest BCUT2D eigenvalue weighted by molar-refractivity contribution is 5.85. The average Bonchev–Trinajstić information content (AvgIpc) is 3.06. The molecule has 25 heavy (non-hydrogen) atoms. The average molecular weight is 338 g/mol. The normalized spacial score (nSPS) is 21.3. The minimum Gasteiger partial charge on any atom is -0.303 e. The molecule has 134 valence electrons. The van der Waals surface area contributed by atoms with Gasteiger partial charge in [-0.3, -0.25) is 4.99 Å². The third-order valence-electron chi connectivity index (χ3n) is 5.97. The second-order valence-electron chi connectivity index (χ2n) is 7.94. The summed E-state index contributed by atoms with van der Waals surface area (Å²) in [4.78, 5) is 9.84. The van der Waals surface area contributed by atoms with Crippen molar-refractivity contribution in [3.63, 3.8) is 0 Å². The molecule has 4 rings (SSSR count). The van der Waals surface area contributed by atoms with Crippen LogP contribution in [0, 0.1) is 0 Å². The summed E-state index contributed by atoms with van der Waals surface area (Å²) in [6, 6.07) is 7.03. The molecule has 0 aromatic heterocycles. The van der Waals surface area contributed by atoms with Gasteiger partial charge in [-0.1, -0.05) is 12.1 Å². The van der Waals surface area contributed by atoms with Crippen LogP contribution >= 0.6 is 0 Å². The zero-order chi connectivity index (χ0) is 17.1. The molecule has 3 aliphatic heterocycles. The predicted molar refractivity (Wildman–Crippen MR) is 107 cm³/mol. The van der Waals surface area contributed by atoms with E-state index in [9.17, 15) is 0 Å². The van der Waals surface area contributed by atoms with E-state index in [1.165, 1.54) is 68.6 Å². The van der Waals surface area contributed by atoms with Gasteiger partial charge in [0.15, 0.2) is 0 Å². The van der Waals surface area contributed by atoms with Crippen molar-refractivity contribution in [3.8, 4) is 0 Å². The van der Waals surface area contributed by atoms with Crippen LogP contribution in [0.3, 0.4) is 0 Å². The van der Waals surface area contributed by atoms with Crippen molar-refractivity contribution >= 4 is 17.5 Å². The van der Waals surface area contributed by atoms with Crippen LogP contribution in [0.4, 0.5) is 5.69 Å². The Morgan fingerprint density at radius 3 is 2.84 bits per heavy atom. The molecule has 1 aromatic rings. The molecule has 1 aromatic carbocycles. The topological polar surface area (TPSA) is 18.8 Å². The van der Waals surface area contributed by atoms with Gasteiger partial charge in [-0.25, -0.2) is 0 Å². The molecule has 0 N–H and O–H groups in total. The number of nitrogens with zero attached hydrogens (tertiary/aromatic N) is 3. The van der Waals surface area contributed by atoms with Gasteiger partial charge in [0, 0.05) is 31.3 Å². The fourth-order valence-electron chi connectivity index (χ4n) is 4.51. The Labute approximate surface area is 152 Å². The van der Waals surface area contributed by atoms with Crippen LogP contribution in [0.25, 0.3) is 5.57 Å². The Morgan fingerprint density at radius 2 is 1.96 bits per heavy atom. The van der Waals surface area contributed by atoms with E-state index >= 15 is 0 Å².